The molecule has 3 unspecified atom stereocenters. The number of hydrogen-bond donors (Lipinski definition) is 0. The number of non-ortho nitro benzene ring substituents is 1. The summed E-state index contributed by atoms with van der Waals surface area (Å²) in [6.45, 7) is 8.22. The van der Waals surface area contributed by atoms with Crippen LogP contribution >= 0.6 is 0 Å². The van der Waals surface area contributed by atoms with Crippen molar-refractivity contribution in [2.45, 2.75) is 52.6 Å². The van der Waals surface area contributed by atoms with Crippen LogP contribution in [0.2, 0.25) is 0 Å². The molecule has 0 spiro atoms. The number of hydrogen-bond acceptors (Lipinski definition) is 9. The van der Waals surface area contributed by atoms with E-state index in [1.54, 1.807) is 19.9 Å². The second-order valence-corrected chi connectivity index (χ2v) is 9.60. The third-order valence-electron chi connectivity index (χ3n) is 6.58. The number of esters is 2. The largest absolute Gasteiger partial charge is 0.490 e. The average molecular weight is 553 g/mol. The van der Waals surface area contributed by atoms with E-state index in [-0.39, 0.29) is 30.6 Å². The number of allylic oxidation sites excluding steroid dienone is 1. The molecule has 1 heterocycles. The molecule has 2 aromatic carbocycles. The maximum absolute atomic E-state index is 13.3. The Balaban J connectivity index is 1.70. The van der Waals surface area contributed by atoms with Crippen molar-refractivity contribution in [3.05, 3.63) is 81.0 Å². The zero-order valence-electron chi connectivity index (χ0n) is 23.5. The summed E-state index contributed by atoms with van der Waals surface area (Å²) < 4.78 is 22.0. The first-order valence-electron chi connectivity index (χ1n) is 13.2. The summed E-state index contributed by atoms with van der Waals surface area (Å²) in [6.07, 6.45) is 1.90. The van der Waals surface area contributed by atoms with Crippen LogP contribution in [0, 0.1) is 16.0 Å². The molecule has 40 heavy (non-hydrogen) atoms. The molecule has 0 bridgehead atoms. The van der Waals surface area contributed by atoms with E-state index in [4.69, 9.17) is 18.9 Å². The predicted molar refractivity (Wildman–Crippen MR) is 149 cm³/mol. The number of nitro benzene ring substituents is 1. The number of ether oxygens (including phenoxy) is 4. The highest BCUT2D eigenvalue weighted by Crippen LogP contribution is 2.40. The summed E-state index contributed by atoms with van der Waals surface area (Å²) in [6, 6.07) is 13.5. The van der Waals surface area contributed by atoms with Crippen molar-refractivity contribution in [3.8, 4) is 5.75 Å². The van der Waals surface area contributed by atoms with E-state index < -0.39 is 28.7 Å². The van der Waals surface area contributed by atoms with E-state index in [2.05, 4.69) is 11.9 Å². The Labute approximate surface area is 234 Å². The van der Waals surface area contributed by atoms with Gasteiger partial charge < -0.3 is 18.9 Å². The van der Waals surface area contributed by atoms with Gasteiger partial charge in [0.2, 0.25) is 0 Å². The van der Waals surface area contributed by atoms with Crippen LogP contribution in [0.1, 0.15) is 51.2 Å². The SMILES string of the molecule is CCCOC(C)Cc1ccc(OCCOC(=O)C2=C(C)N=C(C)C(C(=O)OC)C2c2cccc([N+](=O)[O-])c2)cc1. The molecule has 3 atom stereocenters. The molecule has 0 saturated carbocycles. The molecule has 3 rings (SSSR count). The molecular weight excluding hydrogens is 516 g/mol. The smallest absolute Gasteiger partial charge is 0.336 e. The van der Waals surface area contributed by atoms with Crippen LogP contribution < -0.4 is 4.74 Å². The zero-order valence-corrected chi connectivity index (χ0v) is 23.5. The summed E-state index contributed by atoms with van der Waals surface area (Å²) in [7, 11) is 1.24. The molecule has 0 N–H and O–H groups in total. The highest BCUT2D eigenvalue weighted by atomic mass is 16.6. The minimum absolute atomic E-state index is 0.0491. The van der Waals surface area contributed by atoms with E-state index >= 15 is 0 Å². The third-order valence-corrected chi connectivity index (χ3v) is 6.58. The van der Waals surface area contributed by atoms with Crippen molar-refractivity contribution in [1.82, 2.24) is 0 Å². The molecule has 1 aliphatic heterocycles. The van der Waals surface area contributed by atoms with Crippen LogP contribution in [0.3, 0.4) is 0 Å². The van der Waals surface area contributed by atoms with Crippen LogP contribution in [-0.2, 0) is 30.2 Å². The molecule has 0 fully saturated rings. The van der Waals surface area contributed by atoms with Gasteiger partial charge in [-0.25, -0.2) is 4.79 Å². The quantitative estimate of drug-likeness (QED) is 0.144. The summed E-state index contributed by atoms with van der Waals surface area (Å²) >= 11 is 0. The number of nitrogens with zero attached hydrogens (tertiary/aromatic N) is 2. The highest BCUT2D eigenvalue weighted by Gasteiger charge is 2.42. The maximum Gasteiger partial charge on any atom is 0.336 e. The van der Waals surface area contributed by atoms with Crippen LogP contribution in [0.4, 0.5) is 5.69 Å². The molecule has 0 radical (unpaired) electrons. The Morgan fingerprint density at radius 1 is 1.07 bits per heavy atom. The predicted octanol–water partition coefficient (Wildman–Crippen LogP) is 5.20. The molecule has 1 aliphatic rings. The summed E-state index contributed by atoms with van der Waals surface area (Å²) in [5.41, 5.74) is 2.34. The van der Waals surface area contributed by atoms with Crippen LogP contribution in [-0.4, -0.2) is 55.6 Å². The third kappa shape index (κ3) is 7.75. The lowest BCUT2D eigenvalue weighted by molar-refractivity contribution is -0.384. The lowest BCUT2D eigenvalue weighted by Gasteiger charge is -2.31. The summed E-state index contributed by atoms with van der Waals surface area (Å²) in [4.78, 5) is 41.4. The van der Waals surface area contributed by atoms with Gasteiger partial charge in [-0.1, -0.05) is 31.2 Å². The topological polar surface area (TPSA) is 127 Å². The number of benzene rings is 2. The number of methoxy groups -OCH3 is 1. The average Bonchev–Trinajstić information content (AvgIpc) is 2.94. The fourth-order valence-corrected chi connectivity index (χ4v) is 4.73. The minimum atomic E-state index is -0.942. The van der Waals surface area contributed by atoms with Gasteiger partial charge in [0.15, 0.2) is 0 Å². The molecule has 10 nitrogen and oxygen atoms in total. The normalized spacial score (nSPS) is 17.6. The summed E-state index contributed by atoms with van der Waals surface area (Å²) in [5.74, 6) is -2.46. The van der Waals surface area contributed by atoms with Gasteiger partial charge in [-0.05, 0) is 56.9 Å². The molecule has 0 saturated heterocycles. The van der Waals surface area contributed by atoms with E-state index in [1.807, 2.05) is 31.2 Å². The molecule has 10 heteroatoms. The molecule has 0 aliphatic carbocycles. The monoisotopic (exact) mass is 552 g/mol. The Morgan fingerprint density at radius 3 is 2.45 bits per heavy atom. The van der Waals surface area contributed by atoms with Crippen molar-refractivity contribution < 1.29 is 33.5 Å². The standard InChI is InChI=1S/C30H36N2O8/c1-6-14-38-19(2)17-22-10-12-25(13-11-22)39-15-16-40-30(34)27-21(4)31-20(3)26(29(33)37-5)28(27)23-8-7-9-24(18-23)32(35)36/h7-13,18-19,26,28H,6,14-17H2,1-5H3. The number of carbonyl (C=O) groups excluding carboxylic acids is 2. The van der Waals surface area contributed by atoms with Gasteiger partial charge in [0.1, 0.15) is 24.9 Å². The lowest BCUT2D eigenvalue weighted by atomic mass is 9.75. The van der Waals surface area contributed by atoms with Crippen molar-refractivity contribution in [1.29, 1.82) is 0 Å². The van der Waals surface area contributed by atoms with Gasteiger partial charge in [-0.2, -0.15) is 0 Å². The highest BCUT2D eigenvalue weighted by molar-refractivity contribution is 6.07. The molecule has 0 aromatic heterocycles. The number of carbonyl (C=O) groups is 2. The first-order chi connectivity index (χ1) is 19.2. The van der Waals surface area contributed by atoms with Crippen LogP contribution in [0.15, 0.2) is 64.8 Å². The van der Waals surface area contributed by atoms with Crippen molar-refractivity contribution in [2.75, 3.05) is 26.9 Å². The Kier molecular flexibility index (Phi) is 11.0. The zero-order chi connectivity index (χ0) is 29.2. The number of rotatable bonds is 13. The molecule has 214 valence electrons. The van der Waals surface area contributed by atoms with Gasteiger partial charge in [0, 0.05) is 36.1 Å². The van der Waals surface area contributed by atoms with Gasteiger partial charge in [0.05, 0.1) is 23.7 Å². The first kappa shape index (κ1) is 30.5. The number of nitro groups is 1. The van der Waals surface area contributed by atoms with Crippen molar-refractivity contribution in [3.63, 3.8) is 0 Å². The lowest BCUT2D eigenvalue weighted by Crippen LogP contribution is -2.36. The van der Waals surface area contributed by atoms with Gasteiger partial charge >= 0.3 is 11.9 Å². The van der Waals surface area contributed by atoms with E-state index in [0.29, 0.717) is 22.7 Å². The van der Waals surface area contributed by atoms with Crippen molar-refractivity contribution in [2.24, 2.45) is 10.9 Å². The van der Waals surface area contributed by atoms with Crippen LogP contribution in [0.5, 0.6) is 5.75 Å². The van der Waals surface area contributed by atoms with E-state index in [0.717, 1.165) is 25.0 Å². The second-order valence-electron chi connectivity index (χ2n) is 9.60. The van der Waals surface area contributed by atoms with Gasteiger partial charge in [0.25, 0.3) is 5.69 Å². The van der Waals surface area contributed by atoms with Crippen LogP contribution in [0.25, 0.3) is 0 Å². The van der Waals surface area contributed by atoms with E-state index in [9.17, 15) is 19.7 Å². The van der Waals surface area contributed by atoms with E-state index in [1.165, 1.54) is 25.3 Å². The molecule has 0 amide bonds. The summed E-state index contributed by atoms with van der Waals surface area (Å²) in [5, 5.41) is 11.4. The minimum Gasteiger partial charge on any atom is -0.490 e. The Bertz CT molecular complexity index is 1270. The number of aliphatic imine (C=N–C) groups is 1. The Morgan fingerprint density at radius 2 is 1.80 bits per heavy atom. The fraction of sp³-hybridized carbons (Fsp3) is 0.433. The van der Waals surface area contributed by atoms with Gasteiger partial charge in [-0.15, -0.1) is 0 Å². The molecule has 2 aromatic rings. The Hall–Kier alpha value is -4.05. The fourth-order valence-electron chi connectivity index (χ4n) is 4.73. The van der Waals surface area contributed by atoms with Gasteiger partial charge in [-0.3, -0.25) is 19.9 Å². The molecular formula is C30H36N2O8. The second kappa shape index (κ2) is 14.4. The first-order valence-corrected chi connectivity index (χ1v) is 13.2. The maximum atomic E-state index is 13.3. The van der Waals surface area contributed by atoms with Crippen molar-refractivity contribution >= 4 is 23.3 Å².